The van der Waals surface area contributed by atoms with Gasteiger partial charge in [-0.05, 0) is 47.7 Å². The van der Waals surface area contributed by atoms with Gasteiger partial charge >= 0.3 is 0 Å². The molecule has 0 unspecified atom stereocenters. The van der Waals surface area contributed by atoms with Gasteiger partial charge in [-0.1, -0.05) is 36.4 Å². The van der Waals surface area contributed by atoms with Crippen LogP contribution in [-0.4, -0.2) is 47.8 Å². The van der Waals surface area contributed by atoms with Crippen LogP contribution in [0.2, 0.25) is 0 Å². The van der Waals surface area contributed by atoms with Gasteiger partial charge in [0.1, 0.15) is 0 Å². The third kappa shape index (κ3) is 4.25. The average molecular weight is 415 g/mol. The summed E-state index contributed by atoms with van der Waals surface area (Å²) in [7, 11) is 0. The standard InChI is InChI=1S/C25H25N3O3/c29-24(23-10-5-11-31-23)26-22-9-4-8-19(12-22)25(30)28-16-20-14-27(15-21(20)17-28)13-18-6-2-1-3-7-18/h1-12,20-21H,13-17H2,(H,26,29)/t20-,21+. The van der Waals surface area contributed by atoms with E-state index >= 15 is 0 Å². The lowest BCUT2D eigenvalue weighted by Gasteiger charge is -2.22. The number of furan rings is 1. The van der Waals surface area contributed by atoms with Gasteiger partial charge in [0, 0.05) is 44.0 Å². The Balaban J connectivity index is 1.19. The van der Waals surface area contributed by atoms with Gasteiger partial charge in [0.15, 0.2) is 5.76 Å². The van der Waals surface area contributed by atoms with Crippen molar-refractivity contribution in [2.75, 3.05) is 31.5 Å². The molecule has 2 fully saturated rings. The minimum absolute atomic E-state index is 0.0260. The van der Waals surface area contributed by atoms with Gasteiger partial charge in [-0.3, -0.25) is 14.5 Å². The monoisotopic (exact) mass is 415 g/mol. The third-order valence-electron chi connectivity index (χ3n) is 6.21. The topological polar surface area (TPSA) is 65.8 Å². The zero-order valence-corrected chi connectivity index (χ0v) is 17.2. The molecule has 31 heavy (non-hydrogen) atoms. The fourth-order valence-electron chi connectivity index (χ4n) is 4.74. The summed E-state index contributed by atoms with van der Waals surface area (Å²) in [4.78, 5) is 29.8. The summed E-state index contributed by atoms with van der Waals surface area (Å²) in [5, 5.41) is 2.79. The summed E-state index contributed by atoms with van der Waals surface area (Å²) in [6.45, 7) is 4.61. The van der Waals surface area contributed by atoms with E-state index in [0.717, 1.165) is 32.7 Å². The van der Waals surface area contributed by atoms with Gasteiger partial charge in [-0.2, -0.15) is 0 Å². The number of hydrogen-bond acceptors (Lipinski definition) is 4. The minimum atomic E-state index is -0.330. The van der Waals surface area contributed by atoms with Crippen molar-refractivity contribution in [2.24, 2.45) is 11.8 Å². The Labute approximate surface area is 181 Å². The number of amides is 2. The highest BCUT2D eigenvalue weighted by Crippen LogP contribution is 2.32. The second-order valence-corrected chi connectivity index (χ2v) is 8.42. The summed E-state index contributed by atoms with van der Waals surface area (Å²) in [6, 6.07) is 20.9. The van der Waals surface area contributed by atoms with Crippen LogP contribution >= 0.6 is 0 Å². The zero-order chi connectivity index (χ0) is 21.2. The third-order valence-corrected chi connectivity index (χ3v) is 6.21. The van der Waals surface area contributed by atoms with Gasteiger partial charge in [-0.25, -0.2) is 0 Å². The second kappa shape index (κ2) is 8.40. The molecule has 0 radical (unpaired) electrons. The average Bonchev–Trinajstić information content (AvgIpc) is 3.51. The lowest BCUT2D eigenvalue weighted by atomic mass is 10.0. The van der Waals surface area contributed by atoms with E-state index in [-0.39, 0.29) is 17.6 Å². The summed E-state index contributed by atoms with van der Waals surface area (Å²) >= 11 is 0. The van der Waals surface area contributed by atoms with Crippen LogP contribution in [0.25, 0.3) is 0 Å². The van der Waals surface area contributed by atoms with E-state index in [1.165, 1.54) is 11.8 Å². The van der Waals surface area contributed by atoms with Crippen LogP contribution in [0, 0.1) is 11.8 Å². The van der Waals surface area contributed by atoms with Gasteiger partial charge in [0.25, 0.3) is 11.8 Å². The first-order valence-corrected chi connectivity index (χ1v) is 10.7. The van der Waals surface area contributed by atoms with Gasteiger partial charge < -0.3 is 14.6 Å². The van der Waals surface area contributed by atoms with Crippen molar-refractivity contribution in [2.45, 2.75) is 6.54 Å². The predicted molar refractivity (Wildman–Crippen MR) is 118 cm³/mol. The van der Waals surface area contributed by atoms with Gasteiger partial charge in [0.05, 0.1) is 6.26 Å². The number of hydrogen-bond donors (Lipinski definition) is 1. The van der Waals surface area contributed by atoms with E-state index in [2.05, 4.69) is 34.5 Å². The zero-order valence-electron chi connectivity index (χ0n) is 17.2. The quantitative estimate of drug-likeness (QED) is 0.690. The molecule has 6 heteroatoms. The summed E-state index contributed by atoms with van der Waals surface area (Å²) in [6.07, 6.45) is 1.46. The molecule has 2 aromatic carbocycles. The Hall–Kier alpha value is -3.38. The van der Waals surface area contributed by atoms with Crippen LogP contribution in [0.3, 0.4) is 0 Å². The molecular weight excluding hydrogens is 390 g/mol. The normalized spacial score (nSPS) is 20.6. The molecule has 2 aliphatic heterocycles. The number of fused-ring (bicyclic) bond motifs is 1. The SMILES string of the molecule is O=C(Nc1cccc(C(=O)N2C[C@H]3CN(Cc4ccccc4)C[C@H]3C2)c1)c1ccco1. The van der Waals surface area contributed by atoms with Crippen molar-refractivity contribution in [1.82, 2.24) is 9.80 Å². The Morgan fingerprint density at radius 3 is 2.39 bits per heavy atom. The fourth-order valence-corrected chi connectivity index (χ4v) is 4.74. The van der Waals surface area contributed by atoms with Crippen molar-refractivity contribution in [1.29, 1.82) is 0 Å². The van der Waals surface area contributed by atoms with E-state index in [4.69, 9.17) is 4.42 Å². The van der Waals surface area contributed by atoms with Crippen molar-refractivity contribution < 1.29 is 14.0 Å². The van der Waals surface area contributed by atoms with Crippen molar-refractivity contribution in [3.63, 3.8) is 0 Å². The molecule has 1 aromatic heterocycles. The Morgan fingerprint density at radius 1 is 0.903 bits per heavy atom. The Morgan fingerprint density at radius 2 is 1.68 bits per heavy atom. The molecule has 1 N–H and O–H groups in total. The number of nitrogens with one attached hydrogen (secondary N) is 1. The molecule has 2 amide bonds. The van der Waals surface area contributed by atoms with E-state index in [0.29, 0.717) is 23.1 Å². The molecular formula is C25H25N3O3. The highest BCUT2D eigenvalue weighted by Gasteiger charge is 2.41. The Kier molecular flexibility index (Phi) is 5.30. The molecule has 0 aliphatic carbocycles. The fraction of sp³-hybridized carbons (Fsp3) is 0.280. The van der Waals surface area contributed by atoms with Crippen LogP contribution in [0.5, 0.6) is 0 Å². The first-order chi connectivity index (χ1) is 15.2. The highest BCUT2D eigenvalue weighted by atomic mass is 16.3. The molecule has 6 nitrogen and oxygen atoms in total. The highest BCUT2D eigenvalue weighted by molar-refractivity contribution is 6.03. The maximum absolute atomic E-state index is 13.1. The maximum Gasteiger partial charge on any atom is 0.291 e. The molecule has 2 atom stereocenters. The number of anilines is 1. The number of nitrogens with zero attached hydrogens (tertiary/aromatic N) is 2. The lowest BCUT2D eigenvalue weighted by Crippen LogP contribution is -2.33. The summed E-state index contributed by atoms with van der Waals surface area (Å²) < 4.78 is 5.12. The molecule has 2 aliphatic rings. The smallest absolute Gasteiger partial charge is 0.291 e. The molecule has 158 valence electrons. The molecule has 5 rings (SSSR count). The van der Waals surface area contributed by atoms with Gasteiger partial charge in [-0.15, -0.1) is 0 Å². The molecule has 2 saturated heterocycles. The predicted octanol–water partition coefficient (Wildman–Crippen LogP) is 3.74. The van der Waals surface area contributed by atoms with E-state index in [1.807, 2.05) is 11.0 Å². The number of likely N-dealkylation sites (tertiary alicyclic amines) is 2. The second-order valence-electron chi connectivity index (χ2n) is 8.42. The maximum atomic E-state index is 13.1. The van der Waals surface area contributed by atoms with Crippen LogP contribution in [-0.2, 0) is 6.54 Å². The number of carbonyl (C=O) groups is 2. The molecule has 0 spiro atoms. The van der Waals surface area contributed by atoms with E-state index in [9.17, 15) is 9.59 Å². The lowest BCUT2D eigenvalue weighted by molar-refractivity contribution is 0.0773. The summed E-state index contributed by atoms with van der Waals surface area (Å²) in [5.74, 6) is 0.982. The van der Waals surface area contributed by atoms with Crippen molar-refractivity contribution in [3.8, 4) is 0 Å². The molecule has 0 bridgehead atoms. The van der Waals surface area contributed by atoms with Crippen LogP contribution in [0.4, 0.5) is 5.69 Å². The van der Waals surface area contributed by atoms with E-state index < -0.39 is 0 Å². The first kappa shape index (κ1) is 19.6. The Bertz CT molecular complexity index is 1050. The first-order valence-electron chi connectivity index (χ1n) is 10.7. The van der Waals surface area contributed by atoms with Crippen molar-refractivity contribution >= 4 is 17.5 Å². The van der Waals surface area contributed by atoms with E-state index in [1.54, 1.807) is 36.4 Å². The summed E-state index contributed by atoms with van der Waals surface area (Å²) in [5.41, 5.74) is 2.52. The minimum Gasteiger partial charge on any atom is -0.459 e. The number of benzene rings is 2. The molecule has 3 heterocycles. The van der Waals surface area contributed by atoms with Crippen LogP contribution in [0.15, 0.2) is 77.4 Å². The van der Waals surface area contributed by atoms with Gasteiger partial charge in [0.2, 0.25) is 0 Å². The van der Waals surface area contributed by atoms with Crippen molar-refractivity contribution in [3.05, 3.63) is 89.9 Å². The number of carbonyl (C=O) groups excluding carboxylic acids is 2. The van der Waals surface area contributed by atoms with Crippen LogP contribution < -0.4 is 5.32 Å². The number of rotatable bonds is 5. The largest absolute Gasteiger partial charge is 0.459 e. The van der Waals surface area contributed by atoms with Crippen LogP contribution in [0.1, 0.15) is 26.5 Å². The molecule has 0 saturated carbocycles. The molecule has 3 aromatic rings.